The predicted octanol–water partition coefficient (Wildman–Crippen LogP) is 2.35. The van der Waals surface area contributed by atoms with E-state index in [1.54, 1.807) is 10.7 Å². The molecule has 0 saturated heterocycles. The highest BCUT2D eigenvalue weighted by Gasteiger charge is 2.07. The Hall–Kier alpha value is -0.970. The minimum atomic E-state index is -0.287. The van der Waals surface area contributed by atoms with Gasteiger partial charge in [-0.2, -0.15) is 0 Å². The topological polar surface area (TPSA) is 30.7 Å². The number of hydrogen-bond acceptors (Lipinski definition) is 2. The van der Waals surface area contributed by atoms with Crippen LogP contribution in [0, 0.1) is 5.82 Å². The third-order valence-electron chi connectivity index (χ3n) is 1.86. The number of aryl methyl sites for hydroxylation is 1. The van der Waals surface area contributed by atoms with Gasteiger partial charge in [0, 0.05) is 12.6 Å². The summed E-state index contributed by atoms with van der Waals surface area (Å²) in [6.07, 6.45) is 0. The monoisotopic (exact) mass is 243 g/mol. The summed E-state index contributed by atoms with van der Waals surface area (Å²) in [5, 5.41) is 7.78. The lowest BCUT2D eigenvalue weighted by Crippen LogP contribution is -1.96. The molecule has 0 unspecified atom stereocenters. The average molecular weight is 244 g/mol. The van der Waals surface area contributed by atoms with Crippen LogP contribution in [-0.2, 0) is 6.54 Å². The Kier molecular flexibility index (Phi) is 2.03. The molecule has 5 heteroatoms. The molecule has 0 bridgehead atoms. The maximum atomic E-state index is 13.1. The molecule has 2 rings (SSSR count). The Bertz CT molecular complexity index is 452. The Balaban J connectivity index is 2.77. The Morgan fingerprint density at radius 1 is 1.54 bits per heavy atom. The van der Waals surface area contributed by atoms with Gasteiger partial charge in [-0.05, 0) is 28.9 Å². The van der Waals surface area contributed by atoms with E-state index in [2.05, 4.69) is 26.2 Å². The van der Waals surface area contributed by atoms with E-state index in [9.17, 15) is 4.39 Å². The van der Waals surface area contributed by atoms with Gasteiger partial charge in [-0.15, -0.1) is 5.10 Å². The molecular formula is C8H7BrFN3. The van der Waals surface area contributed by atoms with Crippen LogP contribution < -0.4 is 0 Å². The lowest BCUT2D eigenvalue weighted by molar-refractivity contribution is 0.617. The molecule has 0 radical (unpaired) electrons. The van der Waals surface area contributed by atoms with E-state index >= 15 is 0 Å². The van der Waals surface area contributed by atoms with Crippen LogP contribution in [0.3, 0.4) is 0 Å². The van der Waals surface area contributed by atoms with Crippen LogP contribution in [0.25, 0.3) is 11.0 Å². The van der Waals surface area contributed by atoms with Gasteiger partial charge in [0.15, 0.2) is 0 Å². The average Bonchev–Trinajstić information content (AvgIpc) is 2.48. The number of benzene rings is 1. The van der Waals surface area contributed by atoms with Gasteiger partial charge in [0.25, 0.3) is 0 Å². The molecule has 13 heavy (non-hydrogen) atoms. The first-order valence-electron chi connectivity index (χ1n) is 3.90. The number of fused-ring (bicyclic) bond motifs is 1. The number of aromatic nitrogens is 3. The quantitative estimate of drug-likeness (QED) is 0.770. The van der Waals surface area contributed by atoms with Crippen molar-refractivity contribution in [1.29, 1.82) is 0 Å². The summed E-state index contributed by atoms with van der Waals surface area (Å²) in [7, 11) is 0. The highest BCUT2D eigenvalue weighted by atomic mass is 79.9. The van der Waals surface area contributed by atoms with Crippen LogP contribution in [0.4, 0.5) is 4.39 Å². The van der Waals surface area contributed by atoms with Crippen LogP contribution >= 0.6 is 15.9 Å². The summed E-state index contributed by atoms with van der Waals surface area (Å²) >= 11 is 3.10. The molecule has 1 heterocycles. The Morgan fingerprint density at radius 3 is 3.00 bits per heavy atom. The van der Waals surface area contributed by atoms with E-state index in [0.717, 1.165) is 5.52 Å². The van der Waals surface area contributed by atoms with Crippen molar-refractivity contribution in [3.63, 3.8) is 0 Å². The van der Waals surface area contributed by atoms with Gasteiger partial charge < -0.3 is 0 Å². The second-order valence-corrected chi connectivity index (χ2v) is 3.51. The second kappa shape index (κ2) is 3.06. The molecule has 0 fully saturated rings. The number of rotatable bonds is 1. The molecule has 3 nitrogen and oxygen atoms in total. The number of hydrogen-bond donors (Lipinski definition) is 0. The van der Waals surface area contributed by atoms with E-state index in [0.29, 0.717) is 16.5 Å². The minimum absolute atomic E-state index is 0.287. The van der Waals surface area contributed by atoms with Gasteiger partial charge in [-0.25, -0.2) is 9.07 Å². The zero-order valence-corrected chi connectivity index (χ0v) is 8.55. The lowest BCUT2D eigenvalue weighted by Gasteiger charge is -1.97. The van der Waals surface area contributed by atoms with Crippen LogP contribution in [0.2, 0.25) is 0 Å². The summed E-state index contributed by atoms with van der Waals surface area (Å²) in [5.74, 6) is -0.287. The zero-order valence-electron chi connectivity index (χ0n) is 6.96. The van der Waals surface area contributed by atoms with Crippen molar-refractivity contribution in [3.05, 3.63) is 22.4 Å². The van der Waals surface area contributed by atoms with Crippen molar-refractivity contribution in [2.24, 2.45) is 0 Å². The molecule has 0 atom stereocenters. The Labute approximate surface area is 82.7 Å². The molecule has 1 aromatic carbocycles. The lowest BCUT2D eigenvalue weighted by atomic mass is 10.3. The van der Waals surface area contributed by atoms with Crippen molar-refractivity contribution < 1.29 is 4.39 Å². The van der Waals surface area contributed by atoms with E-state index in [1.165, 1.54) is 6.07 Å². The standard InChI is InChI=1S/C8H7BrFN3/c1-2-13-8-4-6(10)5(9)3-7(8)11-12-13/h3-4H,2H2,1H3. The van der Waals surface area contributed by atoms with E-state index in [-0.39, 0.29) is 5.82 Å². The fourth-order valence-electron chi connectivity index (χ4n) is 1.20. The van der Waals surface area contributed by atoms with Crippen LogP contribution in [0.5, 0.6) is 0 Å². The first-order chi connectivity index (χ1) is 6.22. The summed E-state index contributed by atoms with van der Waals surface area (Å²) < 4.78 is 15.2. The largest absolute Gasteiger partial charge is 0.245 e. The summed E-state index contributed by atoms with van der Waals surface area (Å²) in [5.41, 5.74) is 1.43. The van der Waals surface area contributed by atoms with Gasteiger partial charge >= 0.3 is 0 Å². The zero-order chi connectivity index (χ0) is 9.42. The van der Waals surface area contributed by atoms with Crippen molar-refractivity contribution in [3.8, 4) is 0 Å². The molecule has 68 valence electrons. The van der Waals surface area contributed by atoms with Gasteiger partial charge in [0.1, 0.15) is 11.3 Å². The first kappa shape index (κ1) is 8.62. The summed E-state index contributed by atoms with van der Waals surface area (Å²) in [4.78, 5) is 0. The van der Waals surface area contributed by atoms with Gasteiger partial charge in [-0.1, -0.05) is 5.21 Å². The Morgan fingerprint density at radius 2 is 2.31 bits per heavy atom. The molecule has 0 aliphatic rings. The smallest absolute Gasteiger partial charge is 0.139 e. The highest BCUT2D eigenvalue weighted by Crippen LogP contribution is 2.21. The minimum Gasteiger partial charge on any atom is -0.245 e. The van der Waals surface area contributed by atoms with E-state index in [1.807, 2.05) is 6.92 Å². The highest BCUT2D eigenvalue weighted by molar-refractivity contribution is 9.10. The van der Waals surface area contributed by atoms with Crippen molar-refractivity contribution in [2.75, 3.05) is 0 Å². The number of nitrogens with zero attached hydrogens (tertiary/aromatic N) is 3. The first-order valence-corrected chi connectivity index (χ1v) is 4.70. The normalized spacial score (nSPS) is 11.0. The fourth-order valence-corrected chi connectivity index (χ4v) is 1.53. The number of halogens is 2. The molecule has 0 aliphatic carbocycles. The van der Waals surface area contributed by atoms with E-state index in [4.69, 9.17) is 0 Å². The molecule has 0 aliphatic heterocycles. The molecule has 0 N–H and O–H groups in total. The fraction of sp³-hybridized carbons (Fsp3) is 0.250. The van der Waals surface area contributed by atoms with Gasteiger partial charge in [-0.3, -0.25) is 0 Å². The van der Waals surface area contributed by atoms with Crippen molar-refractivity contribution in [2.45, 2.75) is 13.5 Å². The molecule has 0 amide bonds. The maximum absolute atomic E-state index is 13.1. The molecular weight excluding hydrogens is 237 g/mol. The van der Waals surface area contributed by atoms with Crippen LogP contribution in [0.15, 0.2) is 16.6 Å². The van der Waals surface area contributed by atoms with E-state index < -0.39 is 0 Å². The SMILES string of the molecule is CCn1nnc2cc(Br)c(F)cc21. The van der Waals surface area contributed by atoms with Crippen LogP contribution in [0.1, 0.15) is 6.92 Å². The van der Waals surface area contributed by atoms with Crippen molar-refractivity contribution in [1.82, 2.24) is 15.0 Å². The summed E-state index contributed by atoms with van der Waals surface area (Å²) in [6.45, 7) is 2.63. The molecule has 0 saturated carbocycles. The van der Waals surface area contributed by atoms with Crippen LogP contribution in [-0.4, -0.2) is 15.0 Å². The maximum Gasteiger partial charge on any atom is 0.139 e. The molecule has 2 aromatic rings. The molecule has 0 spiro atoms. The predicted molar refractivity (Wildman–Crippen MR) is 50.9 cm³/mol. The molecule has 1 aromatic heterocycles. The third-order valence-corrected chi connectivity index (χ3v) is 2.46. The van der Waals surface area contributed by atoms with Crippen molar-refractivity contribution >= 4 is 27.0 Å². The third kappa shape index (κ3) is 1.33. The van der Waals surface area contributed by atoms with Gasteiger partial charge in [0.05, 0.1) is 9.99 Å². The summed E-state index contributed by atoms with van der Waals surface area (Å²) in [6, 6.07) is 3.06. The van der Waals surface area contributed by atoms with Gasteiger partial charge in [0.2, 0.25) is 0 Å². The second-order valence-electron chi connectivity index (χ2n) is 2.66.